The number of benzene rings is 9. The molecule has 11 aromatic rings. The number of nitrogens with zero attached hydrogens (tertiary/aromatic N) is 2. The van der Waals surface area contributed by atoms with Gasteiger partial charge in [-0.05, 0) is 103 Å². The highest BCUT2D eigenvalue weighted by atomic mass is 15.0. The van der Waals surface area contributed by atoms with E-state index in [1.807, 2.05) is 0 Å². The Morgan fingerprint density at radius 1 is 0.302 bits per heavy atom. The second-order valence-corrected chi connectivity index (χ2v) is 14.8. The quantitative estimate of drug-likeness (QED) is 0.162. The third-order valence-electron chi connectivity index (χ3n) is 12.4. The summed E-state index contributed by atoms with van der Waals surface area (Å²) in [5.41, 5.74) is 14.9. The largest absolute Gasteiger partial charge is 0.309 e. The van der Waals surface area contributed by atoms with Crippen LogP contribution in [0.3, 0.4) is 0 Å². The predicted molar refractivity (Wildman–Crippen MR) is 221 cm³/mol. The van der Waals surface area contributed by atoms with Crippen LogP contribution in [0.2, 0.25) is 0 Å². The zero-order valence-corrected chi connectivity index (χ0v) is 28.7. The van der Waals surface area contributed by atoms with E-state index in [4.69, 9.17) is 0 Å². The maximum atomic E-state index is 2.53. The minimum atomic E-state index is -0.489. The maximum Gasteiger partial charge on any atom is 0.0727 e. The lowest BCUT2D eigenvalue weighted by molar-refractivity contribution is 0.794. The third kappa shape index (κ3) is 3.27. The van der Waals surface area contributed by atoms with Gasteiger partial charge in [0.15, 0.2) is 0 Å². The fourth-order valence-corrected chi connectivity index (χ4v) is 10.5. The summed E-state index contributed by atoms with van der Waals surface area (Å²) in [5.74, 6) is 0. The first-order valence-electron chi connectivity index (χ1n) is 18.5. The summed E-state index contributed by atoms with van der Waals surface area (Å²) in [7, 11) is 0. The van der Waals surface area contributed by atoms with E-state index < -0.39 is 5.41 Å². The van der Waals surface area contributed by atoms with Gasteiger partial charge < -0.3 is 9.13 Å². The van der Waals surface area contributed by atoms with E-state index in [0.29, 0.717) is 0 Å². The molecule has 0 unspecified atom stereocenters. The topological polar surface area (TPSA) is 9.86 Å². The summed E-state index contributed by atoms with van der Waals surface area (Å²) >= 11 is 0. The molecule has 2 heterocycles. The number of fused-ring (bicyclic) bond motifs is 13. The molecule has 0 atom stereocenters. The van der Waals surface area contributed by atoms with E-state index in [2.05, 4.69) is 191 Å². The van der Waals surface area contributed by atoms with Crippen molar-refractivity contribution in [1.82, 2.24) is 9.13 Å². The van der Waals surface area contributed by atoms with Crippen LogP contribution < -0.4 is 0 Å². The standard InChI is InChI=1S/C51H30N2/c1-7-19-41-35(13-1)36-14-2-8-20-42(36)51(41)43-29-33(52-45-21-9-3-15-37(45)38-16-4-10-22-46(38)52)27-31-25-26-32-28-34(30-44(51)50(32)49(31)43)53-47-23-11-5-17-39(47)40-18-6-12-24-48(40)53/h1-30H. The fraction of sp³-hybridized carbons (Fsp3) is 0.0196. The molecule has 0 saturated heterocycles. The molecule has 2 aliphatic rings. The molecule has 13 rings (SSSR count). The van der Waals surface area contributed by atoms with Gasteiger partial charge in [0.1, 0.15) is 0 Å². The first-order valence-corrected chi connectivity index (χ1v) is 18.5. The molecule has 1 spiro atoms. The Balaban J connectivity index is 1.21. The highest BCUT2D eigenvalue weighted by Gasteiger charge is 2.51. The lowest BCUT2D eigenvalue weighted by Gasteiger charge is -2.31. The Hall–Kier alpha value is -6.90. The van der Waals surface area contributed by atoms with Crippen LogP contribution in [0.1, 0.15) is 22.3 Å². The molecular formula is C51H30N2. The molecule has 2 nitrogen and oxygen atoms in total. The predicted octanol–water partition coefficient (Wildman–Crippen LogP) is 12.9. The Morgan fingerprint density at radius 3 is 1.04 bits per heavy atom. The zero-order chi connectivity index (χ0) is 34.4. The molecule has 9 aromatic carbocycles. The number of aromatic nitrogens is 2. The molecule has 2 aromatic heterocycles. The van der Waals surface area contributed by atoms with Crippen LogP contribution >= 0.6 is 0 Å². The van der Waals surface area contributed by atoms with Gasteiger partial charge >= 0.3 is 0 Å². The van der Waals surface area contributed by atoms with Crippen molar-refractivity contribution in [1.29, 1.82) is 0 Å². The fourth-order valence-electron chi connectivity index (χ4n) is 10.5. The number of hydrogen-bond donors (Lipinski definition) is 0. The molecular weight excluding hydrogens is 641 g/mol. The molecule has 0 bridgehead atoms. The van der Waals surface area contributed by atoms with Crippen molar-refractivity contribution < 1.29 is 0 Å². The van der Waals surface area contributed by atoms with Crippen molar-refractivity contribution in [3.8, 4) is 22.5 Å². The van der Waals surface area contributed by atoms with Crippen molar-refractivity contribution >= 4 is 65.2 Å². The van der Waals surface area contributed by atoms with Gasteiger partial charge in [0.25, 0.3) is 0 Å². The van der Waals surface area contributed by atoms with Crippen LogP contribution in [-0.4, -0.2) is 9.13 Å². The monoisotopic (exact) mass is 670 g/mol. The second-order valence-electron chi connectivity index (χ2n) is 14.8. The maximum absolute atomic E-state index is 2.53. The Morgan fingerprint density at radius 2 is 0.642 bits per heavy atom. The molecule has 2 heteroatoms. The highest BCUT2D eigenvalue weighted by molar-refractivity contribution is 6.19. The Kier molecular flexibility index (Phi) is 5.08. The summed E-state index contributed by atoms with van der Waals surface area (Å²) in [6.45, 7) is 0. The van der Waals surface area contributed by atoms with Gasteiger partial charge in [0.2, 0.25) is 0 Å². The van der Waals surface area contributed by atoms with Crippen LogP contribution in [0.25, 0.3) is 87.7 Å². The van der Waals surface area contributed by atoms with Gasteiger partial charge in [-0.3, -0.25) is 0 Å². The van der Waals surface area contributed by atoms with Gasteiger partial charge in [0.05, 0.1) is 27.5 Å². The van der Waals surface area contributed by atoms with Crippen molar-refractivity contribution in [3.63, 3.8) is 0 Å². The average Bonchev–Trinajstić information content (AvgIpc) is 3.92. The molecule has 2 aliphatic carbocycles. The van der Waals surface area contributed by atoms with Gasteiger partial charge in [0, 0.05) is 32.9 Å². The van der Waals surface area contributed by atoms with Crippen LogP contribution in [0.4, 0.5) is 0 Å². The molecule has 0 amide bonds. The van der Waals surface area contributed by atoms with E-state index in [1.54, 1.807) is 0 Å². The van der Waals surface area contributed by atoms with Gasteiger partial charge in [-0.1, -0.05) is 133 Å². The molecule has 0 radical (unpaired) electrons. The number of para-hydroxylation sites is 4. The zero-order valence-electron chi connectivity index (χ0n) is 28.7. The first kappa shape index (κ1) is 27.8. The summed E-state index contributed by atoms with van der Waals surface area (Å²) < 4.78 is 4.97. The Labute approximate surface area is 305 Å². The molecule has 0 fully saturated rings. The second kappa shape index (κ2) is 9.70. The van der Waals surface area contributed by atoms with Crippen molar-refractivity contribution in [2.75, 3.05) is 0 Å². The van der Waals surface area contributed by atoms with Gasteiger partial charge in [-0.15, -0.1) is 0 Å². The lowest BCUT2D eigenvalue weighted by Crippen LogP contribution is -2.26. The molecule has 53 heavy (non-hydrogen) atoms. The minimum absolute atomic E-state index is 0.489. The summed E-state index contributed by atoms with van der Waals surface area (Å²) in [6, 6.07) is 68.3. The summed E-state index contributed by atoms with van der Waals surface area (Å²) in [4.78, 5) is 0. The minimum Gasteiger partial charge on any atom is -0.309 e. The molecule has 0 N–H and O–H groups in total. The van der Waals surface area contributed by atoms with Crippen molar-refractivity contribution in [2.45, 2.75) is 5.41 Å². The van der Waals surface area contributed by atoms with E-state index in [9.17, 15) is 0 Å². The van der Waals surface area contributed by atoms with Gasteiger partial charge in [-0.2, -0.15) is 0 Å². The van der Waals surface area contributed by atoms with Crippen LogP contribution in [-0.2, 0) is 5.41 Å². The summed E-state index contributed by atoms with van der Waals surface area (Å²) in [5, 5.41) is 10.4. The van der Waals surface area contributed by atoms with E-state index in [0.717, 1.165) is 0 Å². The van der Waals surface area contributed by atoms with E-state index in [-0.39, 0.29) is 0 Å². The smallest absolute Gasteiger partial charge is 0.0727 e. The third-order valence-corrected chi connectivity index (χ3v) is 12.4. The normalized spacial score (nSPS) is 13.8. The van der Waals surface area contributed by atoms with Crippen LogP contribution in [0.5, 0.6) is 0 Å². The summed E-state index contributed by atoms with van der Waals surface area (Å²) in [6.07, 6.45) is 0. The lowest BCUT2D eigenvalue weighted by atomic mass is 9.70. The molecule has 0 saturated carbocycles. The number of rotatable bonds is 2. The van der Waals surface area contributed by atoms with E-state index >= 15 is 0 Å². The first-order chi connectivity index (χ1) is 26.3. The average molecular weight is 671 g/mol. The SMILES string of the molecule is c1ccc2c(c1)-c1ccccc1C21c2cc(-n3c4ccccc4c4ccccc43)cc3ccc4cc(-n5c6ccccc6c6ccccc65)cc1c4c23. The van der Waals surface area contributed by atoms with Crippen molar-refractivity contribution in [3.05, 3.63) is 204 Å². The van der Waals surface area contributed by atoms with E-state index in [1.165, 1.54) is 110 Å². The number of hydrogen-bond acceptors (Lipinski definition) is 0. The van der Waals surface area contributed by atoms with Gasteiger partial charge in [-0.25, -0.2) is 0 Å². The molecule has 0 aliphatic heterocycles. The van der Waals surface area contributed by atoms with Crippen LogP contribution in [0.15, 0.2) is 182 Å². The van der Waals surface area contributed by atoms with Crippen molar-refractivity contribution in [2.24, 2.45) is 0 Å². The van der Waals surface area contributed by atoms with Crippen LogP contribution in [0, 0.1) is 0 Å². The highest BCUT2D eigenvalue weighted by Crippen LogP contribution is 2.63. The Bertz CT molecular complexity index is 3070. The molecule has 244 valence electrons.